The van der Waals surface area contributed by atoms with Crippen LogP contribution < -0.4 is 4.74 Å². The third-order valence-corrected chi connectivity index (χ3v) is 6.48. The highest BCUT2D eigenvalue weighted by molar-refractivity contribution is 5.90. The maximum absolute atomic E-state index is 12.9. The van der Waals surface area contributed by atoms with Crippen LogP contribution in [0.1, 0.15) is 42.1 Å². The quantitative estimate of drug-likeness (QED) is 0.129. The number of benzene rings is 3. The van der Waals surface area contributed by atoms with E-state index >= 15 is 0 Å². The molecule has 0 amide bonds. The van der Waals surface area contributed by atoms with Crippen LogP contribution in [0.5, 0.6) is 5.75 Å². The van der Waals surface area contributed by atoms with Crippen LogP contribution in [0.3, 0.4) is 0 Å². The first-order chi connectivity index (χ1) is 18.7. The van der Waals surface area contributed by atoms with Crippen LogP contribution in [0.25, 0.3) is 11.1 Å². The van der Waals surface area contributed by atoms with Gasteiger partial charge in [0, 0.05) is 12.3 Å². The number of alkyl halides is 3. The van der Waals surface area contributed by atoms with Crippen molar-refractivity contribution in [2.45, 2.75) is 50.9 Å². The number of hydrogen-bond acceptors (Lipinski definition) is 5. The number of aliphatic hydroxyl groups excluding tert-OH is 1. The van der Waals surface area contributed by atoms with Gasteiger partial charge in [0.1, 0.15) is 11.9 Å². The second-order valence-electron chi connectivity index (χ2n) is 9.47. The van der Waals surface area contributed by atoms with Gasteiger partial charge in [-0.1, -0.05) is 60.7 Å². The fourth-order valence-corrected chi connectivity index (χ4v) is 4.63. The highest BCUT2D eigenvalue weighted by Gasteiger charge is 2.37. The van der Waals surface area contributed by atoms with Gasteiger partial charge in [0.15, 0.2) is 6.29 Å². The van der Waals surface area contributed by atoms with Crippen LogP contribution in [0.4, 0.5) is 13.2 Å². The fourth-order valence-electron chi connectivity index (χ4n) is 4.63. The SMILES string of the molecule is CC(O)O[C@@H]1CC(/C=C/CCOc2cccc(C(F)(F)F)c2)[C@H](OC(=O)c2ccc(-c3ccccc3)cc2)C1. The molecule has 1 aliphatic carbocycles. The number of aliphatic hydroxyl groups is 1. The van der Waals surface area contributed by atoms with Crippen LogP contribution in [-0.4, -0.2) is 36.2 Å². The van der Waals surface area contributed by atoms with E-state index in [4.69, 9.17) is 14.2 Å². The molecule has 0 radical (unpaired) electrons. The maximum Gasteiger partial charge on any atom is 0.416 e. The number of esters is 1. The van der Waals surface area contributed by atoms with E-state index in [1.54, 1.807) is 12.1 Å². The first kappa shape index (κ1) is 28.4. The van der Waals surface area contributed by atoms with Crippen LogP contribution in [-0.2, 0) is 15.7 Å². The largest absolute Gasteiger partial charge is 0.493 e. The van der Waals surface area contributed by atoms with Gasteiger partial charge in [0.2, 0.25) is 0 Å². The van der Waals surface area contributed by atoms with Gasteiger partial charge in [0.25, 0.3) is 0 Å². The van der Waals surface area contributed by atoms with Crippen molar-refractivity contribution >= 4 is 5.97 Å². The van der Waals surface area contributed by atoms with Gasteiger partial charge in [-0.15, -0.1) is 0 Å². The van der Waals surface area contributed by atoms with Gasteiger partial charge < -0.3 is 19.3 Å². The lowest BCUT2D eigenvalue weighted by molar-refractivity contribution is -0.137. The first-order valence-electron chi connectivity index (χ1n) is 12.9. The minimum atomic E-state index is -4.43. The van der Waals surface area contributed by atoms with Crippen LogP contribution >= 0.6 is 0 Å². The molecule has 2 unspecified atom stereocenters. The summed E-state index contributed by atoms with van der Waals surface area (Å²) in [4.78, 5) is 12.9. The maximum atomic E-state index is 12.9. The third kappa shape index (κ3) is 8.18. The standard InChI is InChI=1S/C31H31F3O5/c1-21(35)38-28-18-25(10-5-6-17-37-27-12-7-11-26(19-27)31(32,33)34)29(20-28)39-30(36)24-15-13-23(14-16-24)22-8-3-2-4-9-22/h2-5,7-16,19,21,25,28-29,35H,6,17-18,20H2,1H3/b10-5+/t21?,25?,28-,29-/m1/s1. The first-order valence-corrected chi connectivity index (χ1v) is 12.9. The molecule has 1 aliphatic rings. The highest BCUT2D eigenvalue weighted by Crippen LogP contribution is 2.34. The molecule has 39 heavy (non-hydrogen) atoms. The molecule has 1 N–H and O–H groups in total. The molecule has 0 aromatic heterocycles. The van der Waals surface area contributed by atoms with E-state index in [0.29, 0.717) is 24.8 Å². The predicted octanol–water partition coefficient (Wildman–Crippen LogP) is 7.06. The zero-order valence-electron chi connectivity index (χ0n) is 21.5. The summed E-state index contributed by atoms with van der Waals surface area (Å²) < 4.78 is 55.6. The lowest BCUT2D eigenvalue weighted by Gasteiger charge is -2.17. The minimum absolute atomic E-state index is 0.144. The number of halogens is 3. The van der Waals surface area contributed by atoms with E-state index < -0.39 is 30.1 Å². The summed E-state index contributed by atoms with van der Waals surface area (Å²) in [5.41, 5.74) is 1.72. The van der Waals surface area contributed by atoms with Crippen molar-refractivity contribution in [3.63, 3.8) is 0 Å². The molecule has 3 aromatic rings. The van der Waals surface area contributed by atoms with E-state index in [0.717, 1.165) is 23.3 Å². The molecule has 0 saturated heterocycles. The van der Waals surface area contributed by atoms with Crippen LogP contribution in [0.2, 0.25) is 0 Å². The molecular weight excluding hydrogens is 509 g/mol. The minimum Gasteiger partial charge on any atom is -0.493 e. The number of carbonyl (C=O) groups excluding carboxylic acids is 1. The number of rotatable bonds is 10. The molecular formula is C31H31F3O5. The number of ether oxygens (including phenoxy) is 3. The van der Waals surface area contributed by atoms with Crippen molar-refractivity contribution < 1.29 is 37.3 Å². The van der Waals surface area contributed by atoms with Crippen LogP contribution in [0, 0.1) is 5.92 Å². The normalized spacial score (nSPS) is 20.2. The second kappa shape index (κ2) is 13.0. The van der Waals surface area contributed by atoms with Crippen molar-refractivity contribution in [3.8, 4) is 16.9 Å². The van der Waals surface area contributed by atoms with Crippen molar-refractivity contribution in [1.82, 2.24) is 0 Å². The molecule has 4 rings (SSSR count). The van der Waals surface area contributed by atoms with Crippen molar-refractivity contribution in [2.24, 2.45) is 5.92 Å². The number of hydrogen-bond donors (Lipinski definition) is 1. The molecule has 3 aromatic carbocycles. The molecule has 206 valence electrons. The molecule has 0 aliphatic heterocycles. The smallest absolute Gasteiger partial charge is 0.416 e. The monoisotopic (exact) mass is 540 g/mol. The van der Waals surface area contributed by atoms with Crippen LogP contribution in [0.15, 0.2) is 91.0 Å². The van der Waals surface area contributed by atoms with E-state index in [2.05, 4.69) is 0 Å². The molecule has 4 atom stereocenters. The molecule has 0 bridgehead atoms. The lowest BCUT2D eigenvalue weighted by atomic mass is 10.0. The van der Waals surface area contributed by atoms with Gasteiger partial charge in [-0.3, -0.25) is 0 Å². The Morgan fingerprint density at radius 2 is 1.72 bits per heavy atom. The Bertz CT molecular complexity index is 1240. The van der Waals surface area contributed by atoms with Gasteiger partial charge in [0.05, 0.1) is 23.8 Å². The van der Waals surface area contributed by atoms with Crippen molar-refractivity contribution in [1.29, 1.82) is 0 Å². The zero-order valence-corrected chi connectivity index (χ0v) is 21.5. The van der Waals surface area contributed by atoms with Crippen molar-refractivity contribution in [3.05, 3.63) is 102 Å². The second-order valence-corrected chi connectivity index (χ2v) is 9.47. The summed E-state index contributed by atoms with van der Waals surface area (Å²) in [7, 11) is 0. The average molecular weight is 541 g/mol. The average Bonchev–Trinajstić information content (AvgIpc) is 3.28. The van der Waals surface area contributed by atoms with E-state index in [9.17, 15) is 23.1 Å². The Hall–Kier alpha value is -3.62. The molecule has 0 spiro atoms. The number of carbonyl (C=O) groups is 1. The van der Waals surface area contributed by atoms with Gasteiger partial charge in [-0.25, -0.2) is 4.79 Å². The predicted molar refractivity (Wildman–Crippen MR) is 141 cm³/mol. The summed E-state index contributed by atoms with van der Waals surface area (Å²) >= 11 is 0. The molecule has 5 nitrogen and oxygen atoms in total. The topological polar surface area (TPSA) is 65.0 Å². The van der Waals surface area contributed by atoms with Gasteiger partial charge in [-0.05, 0) is 61.2 Å². The Morgan fingerprint density at radius 1 is 1.00 bits per heavy atom. The zero-order chi connectivity index (χ0) is 27.8. The Balaban J connectivity index is 1.34. The Labute approximate surface area is 225 Å². The molecule has 1 fully saturated rings. The van der Waals surface area contributed by atoms with Gasteiger partial charge >= 0.3 is 12.1 Å². The highest BCUT2D eigenvalue weighted by atomic mass is 19.4. The van der Waals surface area contributed by atoms with Gasteiger partial charge in [-0.2, -0.15) is 13.2 Å². The summed E-state index contributed by atoms with van der Waals surface area (Å²) in [5, 5.41) is 9.65. The molecule has 1 saturated carbocycles. The third-order valence-electron chi connectivity index (χ3n) is 6.48. The fraction of sp³-hybridized carbons (Fsp3) is 0.323. The van der Waals surface area contributed by atoms with E-state index in [-0.39, 0.29) is 24.4 Å². The Kier molecular flexibility index (Phi) is 9.43. The van der Waals surface area contributed by atoms with E-state index in [1.165, 1.54) is 19.1 Å². The van der Waals surface area contributed by atoms with Crippen molar-refractivity contribution in [2.75, 3.05) is 6.61 Å². The summed E-state index contributed by atoms with van der Waals surface area (Å²) in [6.07, 6.45) is -0.875. The summed E-state index contributed by atoms with van der Waals surface area (Å²) in [5.74, 6) is -0.437. The molecule has 0 heterocycles. The van der Waals surface area contributed by atoms with E-state index in [1.807, 2.05) is 54.6 Å². The summed E-state index contributed by atoms with van der Waals surface area (Å²) in [6.45, 7) is 1.72. The lowest BCUT2D eigenvalue weighted by Crippen LogP contribution is -2.22. The Morgan fingerprint density at radius 3 is 2.41 bits per heavy atom. The molecule has 8 heteroatoms. The summed E-state index contributed by atoms with van der Waals surface area (Å²) in [6, 6.07) is 21.8.